The predicted molar refractivity (Wildman–Crippen MR) is 102 cm³/mol. The molecule has 1 heterocycles. The molecule has 1 aromatic heterocycles. The van der Waals surface area contributed by atoms with E-state index in [4.69, 9.17) is 20.8 Å². The lowest BCUT2D eigenvalue weighted by Crippen LogP contribution is -2.13. The Balaban J connectivity index is 1.54. The average molecular weight is 372 g/mol. The summed E-state index contributed by atoms with van der Waals surface area (Å²) in [7, 11) is 0. The van der Waals surface area contributed by atoms with Gasteiger partial charge < -0.3 is 14.5 Å². The first-order valence-electron chi connectivity index (χ1n) is 8.69. The average Bonchev–Trinajstić information content (AvgIpc) is 3.13. The van der Waals surface area contributed by atoms with Gasteiger partial charge in [-0.3, -0.25) is 0 Å². The Morgan fingerprint density at radius 3 is 2.65 bits per heavy atom. The Bertz CT molecular complexity index is 836. The summed E-state index contributed by atoms with van der Waals surface area (Å²) in [5.74, 6) is 1.79. The normalized spacial score (nSPS) is 12.1. The molecule has 0 amide bonds. The van der Waals surface area contributed by atoms with Gasteiger partial charge in [0.1, 0.15) is 5.75 Å². The summed E-state index contributed by atoms with van der Waals surface area (Å²) in [6.07, 6.45) is 1.09. The fourth-order valence-corrected chi connectivity index (χ4v) is 2.63. The van der Waals surface area contributed by atoms with E-state index in [0.717, 1.165) is 17.5 Å². The third-order valence-corrected chi connectivity index (χ3v) is 4.29. The molecule has 3 aromatic rings. The lowest BCUT2D eigenvalue weighted by molar-refractivity contribution is 0.217. The van der Waals surface area contributed by atoms with E-state index in [1.807, 2.05) is 55.5 Å². The molecule has 3 rings (SSSR count). The minimum atomic E-state index is 0.146. The van der Waals surface area contributed by atoms with Crippen molar-refractivity contribution in [3.05, 3.63) is 65.0 Å². The van der Waals surface area contributed by atoms with Gasteiger partial charge in [0.05, 0.1) is 17.7 Å². The van der Waals surface area contributed by atoms with Crippen molar-refractivity contribution in [2.24, 2.45) is 0 Å². The maximum atomic E-state index is 6.30. The molecule has 0 saturated carbocycles. The van der Waals surface area contributed by atoms with E-state index in [2.05, 4.69) is 22.4 Å². The van der Waals surface area contributed by atoms with E-state index in [-0.39, 0.29) is 6.10 Å². The van der Waals surface area contributed by atoms with Crippen LogP contribution in [0.3, 0.4) is 0 Å². The van der Waals surface area contributed by atoms with Gasteiger partial charge in [0.25, 0.3) is 0 Å². The van der Waals surface area contributed by atoms with Crippen LogP contribution in [0.15, 0.2) is 52.9 Å². The highest BCUT2D eigenvalue weighted by Gasteiger charge is 2.09. The minimum Gasteiger partial charge on any atom is -0.489 e. The second kappa shape index (κ2) is 8.83. The molecule has 0 unspecified atom stereocenters. The van der Waals surface area contributed by atoms with Gasteiger partial charge >= 0.3 is 0 Å². The largest absolute Gasteiger partial charge is 0.489 e. The van der Waals surface area contributed by atoms with Crippen molar-refractivity contribution in [2.75, 3.05) is 0 Å². The van der Waals surface area contributed by atoms with Crippen LogP contribution in [0.2, 0.25) is 5.02 Å². The standard InChI is InChI=1S/C20H22ClN3O2/c1-3-14(2)25-18-10-9-15(11-17(18)21)12-22-13-19-23-24-20(26-19)16-7-5-4-6-8-16/h4-11,14,22H,3,12-13H2,1-2H3/t14-/m0/s1. The summed E-state index contributed by atoms with van der Waals surface area (Å²) in [5.41, 5.74) is 1.98. The predicted octanol–water partition coefficient (Wildman–Crippen LogP) is 4.86. The van der Waals surface area contributed by atoms with Gasteiger partial charge in [-0.05, 0) is 43.2 Å². The zero-order valence-electron chi connectivity index (χ0n) is 14.9. The zero-order valence-corrected chi connectivity index (χ0v) is 15.7. The molecular weight excluding hydrogens is 350 g/mol. The highest BCUT2D eigenvalue weighted by atomic mass is 35.5. The van der Waals surface area contributed by atoms with E-state index in [0.29, 0.717) is 35.6 Å². The van der Waals surface area contributed by atoms with Crippen molar-refractivity contribution in [2.45, 2.75) is 39.5 Å². The number of aromatic nitrogens is 2. The number of nitrogens with zero attached hydrogens (tertiary/aromatic N) is 2. The second-order valence-corrected chi connectivity index (χ2v) is 6.48. The molecule has 0 fully saturated rings. The Morgan fingerprint density at radius 2 is 1.92 bits per heavy atom. The maximum absolute atomic E-state index is 6.30. The molecule has 5 nitrogen and oxygen atoms in total. The molecule has 0 aliphatic rings. The van der Waals surface area contributed by atoms with E-state index >= 15 is 0 Å². The first-order chi connectivity index (χ1) is 12.7. The molecule has 0 bridgehead atoms. The monoisotopic (exact) mass is 371 g/mol. The van der Waals surface area contributed by atoms with Crippen molar-refractivity contribution in [1.82, 2.24) is 15.5 Å². The van der Waals surface area contributed by atoms with Crippen LogP contribution >= 0.6 is 11.6 Å². The lowest BCUT2D eigenvalue weighted by Gasteiger charge is -2.14. The molecule has 6 heteroatoms. The molecule has 1 N–H and O–H groups in total. The molecule has 0 aliphatic heterocycles. The number of hydrogen-bond donors (Lipinski definition) is 1. The van der Waals surface area contributed by atoms with Crippen LogP contribution in [-0.4, -0.2) is 16.3 Å². The Hall–Kier alpha value is -2.37. The number of hydrogen-bond acceptors (Lipinski definition) is 5. The molecule has 26 heavy (non-hydrogen) atoms. The Morgan fingerprint density at radius 1 is 1.12 bits per heavy atom. The first-order valence-corrected chi connectivity index (χ1v) is 9.07. The van der Waals surface area contributed by atoms with E-state index in [1.165, 1.54) is 0 Å². The topological polar surface area (TPSA) is 60.2 Å². The van der Waals surface area contributed by atoms with Crippen LogP contribution in [-0.2, 0) is 13.1 Å². The van der Waals surface area contributed by atoms with Crippen LogP contribution in [0.1, 0.15) is 31.7 Å². The molecule has 2 aromatic carbocycles. The van der Waals surface area contributed by atoms with Gasteiger partial charge in [0.2, 0.25) is 11.8 Å². The summed E-state index contributed by atoms with van der Waals surface area (Å²) >= 11 is 6.30. The Kier molecular flexibility index (Phi) is 6.26. The molecule has 0 saturated heterocycles. The van der Waals surface area contributed by atoms with Crippen LogP contribution in [0, 0.1) is 0 Å². The van der Waals surface area contributed by atoms with Crippen molar-refractivity contribution in [1.29, 1.82) is 0 Å². The molecule has 0 radical (unpaired) electrons. The summed E-state index contributed by atoms with van der Waals surface area (Å²) in [6.45, 7) is 5.24. The van der Waals surface area contributed by atoms with Gasteiger partial charge in [0, 0.05) is 12.1 Å². The molecule has 0 aliphatic carbocycles. The van der Waals surface area contributed by atoms with Crippen LogP contribution in [0.25, 0.3) is 11.5 Å². The SMILES string of the molecule is CC[C@H](C)Oc1ccc(CNCc2nnc(-c3ccccc3)o2)cc1Cl. The third kappa shape index (κ3) is 4.84. The fraction of sp³-hybridized carbons (Fsp3) is 0.300. The highest BCUT2D eigenvalue weighted by Crippen LogP contribution is 2.27. The lowest BCUT2D eigenvalue weighted by atomic mass is 10.2. The number of nitrogens with one attached hydrogen (secondary N) is 1. The van der Waals surface area contributed by atoms with Gasteiger partial charge in [-0.15, -0.1) is 10.2 Å². The Labute approximate surface area is 158 Å². The van der Waals surface area contributed by atoms with Gasteiger partial charge in [-0.25, -0.2) is 0 Å². The highest BCUT2D eigenvalue weighted by molar-refractivity contribution is 6.32. The number of rotatable bonds is 8. The summed E-state index contributed by atoms with van der Waals surface area (Å²) in [5, 5.41) is 12.1. The van der Waals surface area contributed by atoms with Crippen molar-refractivity contribution >= 4 is 11.6 Å². The van der Waals surface area contributed by atoms with Crippen molar-refractivity contribution < 1.29 is 9.15 Å². The molecular formula is C20H22ClN3O2. The molecule has 1 atom stereocenters. The minimum absolute atomic E-state index is 0.146. The fourth-order valence-electron chi connectivity index (χ4n) is 2.39. The number of benzene rings is 2. The maximum Gasteiger partial charge on any atom is 0.247 e. The van der Waals surface area contributed by atoms with Gasteiger partial charge in [-0.2, -0.15) is 0 Å². The molecule has 0 spiro atoms. The van der Waals surface area contributed by atoms with E-state index < -0.39 is 0 Å². The third-order valence-electron chi connectivity index (χ3n) is 3.99. The van der Waals surface area contributed by atoms with Crippen LogP contribution < -0.4 is 10.1 Å². The summed E-state index contributed by atoms with van der Waals surface area (Å²) < 4.78 is 11.5. The van der Waals surface area contributed by atoms with Crippen molar-refractivity contribution in [3.8, 4) is 17.2 Å². The number of ether oxygens (including phenoxy) is 1. The zero-order chi connectivity index (χ0) is 18.4. The summed E-state index contributed by atoms with van der Waals surface area (Å²) in [6, 6.07) is 15.5. The van der Waals surface area contributed by atoms with E-state index in [9.17, 15) is 0 Å². The molecule has 136 valence electrons. The number of halogens is 1. The van der Waals surface area contributed by atoms with Crippen LogP contribution in [0.5, 0.6) is 5.75 Å². The smallest absolute Gasteiger partial charge is 0.247 e. The van der Waals surface area contributed by atoms with Gasteiger partial charge in [-0.1, -0.05) is 42.8 Å². The quantitative estimate of drug-likeness (QED) is 0.612. The van der Waals surface area contributed by atoms with Crippen molar-refractivity contribution in [3.63, 3.8) is 0 Å². The second-order valence-electron chi connectivity index (χ2n) is 6.07. The summed E-state index contributed by atoms with van der Waals surface area (Å²) in [4.78, 5) is 0. The van der Waals surface area contributed by atoms with Gasteiger partial charge in [0.15, 0.2) is 0 Å². The first kappa shape index (κ1) is 18.4. The van der Waals surface area contributed by atoms with Crippen LogP contribution in [0.4, 0.5) is 0 Å². The van der Waals surface area contributed by atoms with E-state index in [1.54, 1.807) is 0 Å².